The maximum atomic E-state index is 11.8. The molecule has 0 aromatic heterocycles. The summed E-state index contributed by atoms with van der Waals surface area (Å²) < 4.78 is 4.75. The Morgan fingerprint density at radius 2 is 2.05 bits per heavy atom. The van der Waals surface area contributed by atoms with Crippen molar-refractivity contribution in [1.82, 2.24) is 5.32 Å². The Bertz CT molecular complexity index is 515. The molecule has 0 saturated carbocycles. The van der Waals surface area contributed by atoms with Crippen LogP contribution in [0.5, 0.6) is 0 Å². The number of carbonyl (C=O) groups is 2. The second kappa shape index (κ2) is 7.22. The van der Waals surface area contributed by atoms with E-state index in [9.17, 15) is 19.7 Å². The van der Waals surface area contributed by atoms with Gasteiger partial charge in [-0.1, -0.05) is 18.2 Å². The number of hydrogen-bond acceptors (Lipinski definition) is 5. The van der Waals surface area contributed by atoms with Crippen LogP contribution in [-0.2, 0) is 20.7 Å². The minimum Gasteiger partial charge on any atom is -0.464 e. The van der Waals surface area contributed by atoms with Gasteiger partial charge in [-0.2, -0.15) is 0 Å². The van der Waals surface area contributed by atoms with Crippen molar-refractivity contribution in [3.8, 4) is 0 Å². The summed E-state index contributed by atoms with van der Waals surface area (Å²) in [5.74, 6) is -1.01. The van der Waals surface area contributed by atoms with Gasteiger partial charge in [-0.3, -0.25) is 14.9 Å². The highest BCUT2D eigenvalue weighted by atomic mass is 16.6. The predicted molar refractivity (Wildman–Crippen MR) is 71.0 cm³/mol. The number of hydrogen-bond donors (Lipinski definition) is 1. The first kappa shape index (κ1) is 15.6. The normalized spacial score (nSPS) is 11.5. The van der Waals surface area contributed by atoms with Crippen molar-refractivity contribution in [2.24, 2.45) is 0 Å². The Balaban J connectivity index is 2.68. The van der Waals surface area contributed by atoms with Crippen molar-refractivity contribution < 1.29 is 19.2 Å². The van der Waals surface area contributed by atoms with Gasteiger partial charge in [0.2, 0.25) is 5.91 Å². The molecule has 0 bridgehead atoms. The fourth-order valence-electron chi connectivity index (χ4n) is 1.63. The second-order valence-electron chi connectivity index (χ2n) is 4.10. The number of carbonyl (C=O) groups excluding carboxylic acids is 2. The summed E-state index contributed by atoms with van der Waals surface area (Å²) in [6.07, 6.45) is -0.166. The van der Waals surface area contributed by atoms with E-state index in [2.05, 4.69) is 5.32 Å². The van der Waals surface area contributed by atoms with Crippen LogP contribution in [0, 0.1) is 10.1 Å². The number of rotatable bonds is 6. The molecule has 0 aliphatic heterocycles. The lowest BCUT2D eigenvalue weighted by Crippen LogP contribution is -2.40. The summed E-state index contributed by atoms with van der Waals surface area (Å²) in [7, 11) is 0. The molecule has 1 N–H and O–H groups in total. The molecule has 1 rings (SSSR count). The Labute approximate surface area is 116 Å². The van der Waals surface area contributed by atoms with Gasteiger partial charge in [0.15, 0.2) is 0 Å². The lowest BCUT2D eigenvalue weighted by molar-refractivity contribution is -0.385. The van der Waals surface area contributed by atoms with Crippen LogP contribution < -0.4 is 5.32 Å². The molecule has 0 saturated heterocycles. The highest BCUT2D eigenvalue weighted by Crippen LogP contribution is 2.17. The number of para-hydroxylation sites is 1. The minimum absolute atomic E-state index is 0.119. The molecule has 108 valence electrons. The maximum Gasteiger partial charge on any atom is 0.328 e. The molecule has 0 aliphatic rings. The molecule has 0 aliphatic carbocycles. The lowest BCUT2D eigenvalue weighted by atomic mass is 10.1. The summed E-state index contributed by atoms with van der Waals surface area (Å²) in [4.78, 5) is 33.4. The Hall–Kier alpha value is -2.44. The van der Waals surface area contributed by atoms with E-state index in [0.29, 0.717) is 5.56 Å². The summed E-state index contributed by atoms with van der Waals surface area (Å²) in [5.41, 5.74) is 0.178. The van der Waals surface area contributed by atoms with Gasteiger partial charge in [0.05, 0.1) is 18.0 Å². The van der Waals surface area contributed by atoms with E-state index in [-0.39, 0.29) is 18.7 Å². The zero-order valence-electron chi connectivity index (χ0n) is 11.3. The average molecular weight is 280 g/mol. The first-order chi connectivity index (χ1) is 9.45. The second-order valence-corrected chi connectivity index (χ2v) is 4.10. The van der Waals surface area contributed by atoms with E-state index in [1.54, 1.807) is 13.0 Å². The highest BCUT2D eigenvalue weighted by Gasteiger charge is 2.19. The third kappa shape index (κ3) is 4.34. The number of benzene rings is 1. The number of nitro benzene ring substituents is 1. The SMILES string of the molecule is CCOC(=O)C(C)NC(=O)Cc1ccccc1[N+](=O)[O-]. The van der Waals surface area contributed by atoms with Crippen LogP contribution in [0.15, 0.2) is 24.3 Å². The first-order valence-corrected chi connectivity index (χ1v) is 6.14. The van der Waals surface area contributed by atoms with Crippen molar-refractivity contribution in [3.63, 3.8) is 0 Å². The quantitative estimate of drug-likeness (QED) is 0.479. The highest BCUT2D eigenvalue weighted by molar-refractivity contribution is 5.85. The number of nitrogens with zero attached hydrogens (tertiary/aromatic N) is 1. The van der Waals surface area contributed by atoms with Crippen LogP contribution in [0.25, 0.3) is 0 Å². The van der Waals surface area contributed by atoms with Crippen LogP contribution >= 0.6 is 0 Å². The number of esters is 1. The van der Waals surface area contributed by atoms with Crippen molar-refractivity contribution in [2.45, 2.75) is 26.3 Å². The van der Waals surface area contributed by atoms with Gasteiger partial charge in [0.1, 0.15) is 6.04 Å². The maximum absolute atomic E-state index is 11.8. The number of ether oxygens (including phenoxy) is 1. The molecular formula is C13H16N2O5. The summed E-state index contributed by atoms with van der Waals surface area (Å²) in [6, 6.07) is 5.19. The molecule has 0 radical (unpaired) electrons. The van der Waals surface area contributed by atoms with Crippen LogP contribution in [0.1, 0.15) is 19.4 Å². The van der Waals surface area contributed by atoms with Crippen molar-refractivity contribution in [1.29, 1.82) is 0 Å². The molecule has 0 fully saturated rings. The topological polar surface area (TPSA) is 98.5 Å². The Morgan fingerprint density at radius 1 is 1.40 bits per heavy atom. The molecule has 1 aromatic carbocycles. The van der Waals surface area contributed by atoms with Gasteiger partial charge in [-0.15, -0.1) is 0 Å². The third-order valence-corrected chi connectivity index (χ3v) is 2.56. The van der Waals surface area contributed by atoms with Gasteiger partial charge >= 0.3 is 5.97 Å². The third-order valence-electron chi connectivity index (χ3n) is 2.56. The molecule has 7 nitrogen and oxygen atoms in total. The Morgan fingerprint density at radius 3 is 2.65 bits per heavy atom. The van der Waals surface area contributed by atoms with E-state index in [1.165, 1.54) is 25.1 Å². The van der Waals surface area contributed by atoms with Crippen LogP contribution in [0.2, 0.25) is 0 Å². The largest absolute Gasteiger partial charge is 0.464 e. The molecule has 0 spiro atoms. The van der Waals surface area contributed by atoms with E-state index >= 15 is 0 Å². The fraction of sp³-hybridized carbons (Fsp3) is 0.385. The van der Waals surface area contributed by atoms with Crippen LogP contribution in [0.4, 0.5) is 5.69 Å². The monoisotopic (exact) mass is 280 g/mol. The van der Waals surface area contributed by atoms with Crippen molar-refractivity contribution in [3.05, 3.63) is 39.9 Å². The van der Waals surface area contributed by atoms with Crippen molar-refractivity contribution >= 4 is 17.6 Å². The summed E-state index contributed by atoms with van der Waals surface area (Å²) in [5, 5.41) is 13.3. The predicted octanol–water partition coefficient (Wildman–Crippen LogP) is 1.21. The minimum atomic E-state index is -0.787. The zero-order valence-corrected chi connectivity index (χ0v) is 11.3. The standard InChI is InChI=1S/C13H16N2O5/c1-3-20-13(17)9(2)14-12(16)8-10-6-4-5-7-11(10)15(18)19/h4-7,9H,3,8H2,1-2H3,(H,14,16). The molecule has 1 amide bonds. The van der Waals surface area contributed by atoms with Gasteiger partial charge in [0, 0.05) is 11.6 Å². The molecule has 1 aromatic rings. The number of amides is 1. The smallest absolute Gasteiger partial charge is 0.328 e. The summed E-state index contributed by atoms with van der Waals surface area (Å²) in [6.45, 7) is 3.39. The molecule has 0 heterocycles. The van der Waals surface area contributed by atoms with E-state index < -0.39 is 22.8 Å². The van der Waals surface area contributed by atoms with Crippen molar-refractivity contribution in [2.75, 3.05) is 6.61 Å². The van der Waals surface area contributed by atoms with E-state index in [4.69, 9.17) is 4.74 Å². The average Bonchev–Trinajstić information content (AvgIpc) is 2.39. The molecular weight excluding hydrogens is 264 g/mol. The van der Waals surface area contributed by atoms with Crippen LogP contribution in [-0.4, -0.2) is 29.4 Å². The van der Waals surface area contributed by atoms with Crippen LogP contribution in [0.3, 0.4) is 0 Å². The van der Waals surface area contributed by atoms with Gasteiger partial charge < -0.3 is 10.1 Å². The van der Waals surface area contributed by atoms with Gasteiger partial charge in [-0.25, -0.2) is 4.79 Å². The summed E-state index contributed by atoms with van der Waals surface area (Å²) >= 11 is 0. The number of nitro groups is 1. The first-order valence-electron chi connectivity index (χ1n) is 6.14. The molecule has 1 unspecified atom stereocenters. The Kier molecular flexibility index (Phi) is 5.64. The lowest BCUT2D eigenvalue weighted by Gasteiger charge is -2.12. The molecule has 7 heteroatoms. The zero-order chi connectivity index (χ0) is 15.1. The molecule has 20 heavy (non-hydrogen) atoms. The van der Waals surface area contributed by atoms with Gasteiger partial charge in [0.25, 0.3) is 5.69 Å². The van der Waals surface area contributed by atoms with E-state index in [1.807, 2.05) is 0 Å². The number of nitrogens with one attached hydrogen (secondary N) is 1. The fourth-order valence-corrected chi connectivity index (χ4v) is 1.63. The van der Waals surface area contributed by atoms with E-state index in [0.717, 1.165) is 0 Å². The molecule has 1 atom stereocenters. The van der Waals surface area contributed by atoms with Gasteiger partial charge in [-0.05, 0) is 13.8 Å².